The Morgan fingerprint density at radius 1 is 1.00 bits per heavy atom. The van der Waals surface area contributed by atoms with Gasteiger partial charge in [0.2, 0.25) is 0 Å². The number of hydrogen-bond donors (Lipinski definition) is 0. The predicted molar refractivity (Wildman–Crippen MR) is 87.5 cm³/mol. The predicted octanol–water partition coefficient (Wildman–Crippen LogP) is 3.46. The molecule has 0 radical (unpaired) electrons. The van der Waals surface area contributed by atoms with Crippen LogP contribution in [0.2, 0.25) is 0 Å². The van der Waals surface area contributed by atoms with Crippen molar-refractivity contribution in [3.8, 4) is 5.75 Å². The molecule has 0 spiro atoms. The summed E-state index contributed by atoms with van der Waals surface area (Å²) in [5.74, 6) is 0.882. The molecule has 0 amide bonds. The summed E-state index contributed by atoms with van der Waals surface area (Å²) in [6.45, 7) is 0. The first-order chi connectivity index (χ1) is 10.6. The SMILES string of the molecule is COC(=O)CCC(=O)CSc1ccc2cc(OC)ccc2c1. The van der Waals surface area contributed by atoms with Crippen LogP contribution in [0.25, 0.3) is 10.8 Å². The lowest BCUT2D eigenvalue weighted by atomic mass is 10.1. The van der Waals surface area contributed by atoms with Gasteiger partial charge in [-0.15, -0.1) is 11.8 Å². The zero-order valence-corrected chi connectivity index (χ0v) is 13.4. The fourth-order valence-corrected chi connectivity index (χ4v) is 2.84. The highest BCUT2D eigenvalue weighted by molar-refractivity contribution is 8.00. The van der Waals surface area contributed by atoms with Crippen molar-refractivity contribution in [2.45, 2.75) is 17.7 Å². The maximum absolute atomic E-state index is 11.7. The maximum Gasteiger partial charge on any atom is 0.305 e. The number of thioether (sulfide) groups is 1. The third kappa shape index (κ3) is 4.49. The largest absolute Gasteiger partial charge is 0.497 e. The molecule has 0 fully saturated rings. The number of Topliss-reactive ketones (excluding diaryl/α,β-unsaturated/α-hetero) is 1. The average Bonchev–Trinajstić information content (AvgIpc) is 2.56. The van der Waals surface area contributed by atoms with Gasteiger partial charge in [-0.1, -0.05) is 12.1 Å². The molecule has 0 saturated carbocycles. The van der Waals surface area contributed by atoms with Crippen molar-refractivity contribution in [3.05, 3.63) is 36.4 Å². The van der Waals surface area contributed by atoms with Gasteiger partial charge in [-0.2, -0.15) is 0 Å². The monoisotopic (exact) mass is 318 g/mol. The second kappa shape index (κ2) is 7.84. The van der Waals surface area contributed by atoms with Crippen molar-refractivity contribution in [1.82, 2.24) is 0 Å². The van der Waals surface area contributed by atoms with Crippen LogP contribution in [0, 0.1) is 0 Å². The summed E-state index contributed by atoms with van der Waals surface area (Å²) in [5, 5.41) is 2.20. The van der Waals surface area contributed by atoms with Crippen molar-refractivity contribution < 1.29 is 19.1 Å². The Morgan fingerprint density at radius 3 is 2.45 bits per heavy atom. The molecule has 0 N–H and O–H groups in total. The Bertz CT molecular complexity index is 681. The highest BCUT2D eigenvalue weighted by atomic mass is 32.2. The van der Waals surface area contributed by atoms with E-state index in [-0.39, 0.29) is 24.6 Å². The molecule has 0 bridgehead atoms. The number of fused-ring (bicyclic) bond motifs is 1. The average molecular weight is 318 g/mol. The molecule has 0 heterocycles. The van der Waals surface area contributed by atoms with Crippen LogP contribution in [-0.2, 0) is 14.3 Å². The Balaban J connectivity index is 1.94. The summed E-state index contributed by atoms with van der Waals surface area (Å²) in [6.07, 6.45) is 0.373. The first-order valence-corrected chi connectivity index (χ1v) is 7.90. The number of carbonyl (C=O) groups excluding carboxylic acids is 2. The van der Waals surface area contributed by atoms with Gasteiger partial charge in [-0.25, -0.2) is 0 Å². The first kappa shape index (κ1) is 16.4. The van der Waals surface area contributed by atoms with Gasteiger partial charge < -0.3 is 9.47 Å². The summed E-state index contributed by atoms with van der Waals surface area (Å²) in [4.78, 5) is 23.8. The Morgan fingerprint density at radius 2 is 1.73 bits per heavy atom. The summed E-state index contributed by atoms with van der Waals surface area (Å²) in [6, 6.07) is 11.9. The van der Waals surface area contributed by atoms with Gasteiger partial charge in [0.1, 0.15) is 11.5 Å². The Hall–Kier alpha value is -2.01. The van der Waals surface area contributed by atoms with E-state index in [1.54, 1.807) is 7.11 Å². The summed E-state index contributed by atoms with van der Waals surface area (Å²) >= 11 is 1.48. The molecule has 0 aliphatic heterocycles. The topological polar surface area (TPSA) is 52.6 Å². The Labute approximate surface area is 133 Å². The van der Waals surface area contributed by atoms with Gasteiger partial charge in [0.15, 0.2) is 0 Å². The normalized spacial score (nSPS) is 10.5. The van der Waals surface area contributed by atoms with E-state index in [1.165, 1.54) is 18.9 Å². The number of rotatable bonds is 7. The lowest BCUT2D eigenvalue weighted by molar-refractivity contribution is -0.141. The maximum atomic E-state index is 11.7. The molecule has 2 rings (SSSR count). The first-order valence-electron chi connectivity index (χ1n) is 6.91. The van der Waals surface area contributed by atoms with E-state index in [4.69, 9.17) is 4.74 Å². The van der Waals surface area contributed by atoms with E-state index in [2.05, 4.69) is 4.74 Å². The van der Waals surface area contributed by atoms with Crippen molar-refractivity contribution >= 4 is 34.3 Å². The van der Waals surface area contributed by atoms with E-state index in [1.807, 2.05) is 36.4 Å². The lowest BCUT2D eigenvalue weighted by Crippen LogP contribution is -2.07. The smallest absolute Gasteiger partial charge is 0.305 e. The number of ketones is 1. The van der Waals surface area contributed by atoms with Crippen LogP contribution in [-0.4, -0.2) is 31.7 Å². The van der Waals surface area contributed by atoms with E-state index >= 15 is 0 Å². The van der Waals surface area contributed by atoms with E-state index < -0.39 is 0 Å². The minimum Gasteiger partial charge on any atom is -0.497 e. The van der Waals surface area contributed by atoms with Crippen LogP contribution in [0.1, 0.15) is 12.8 Å². The number of benzene rings is 2. The molecule has 0 atom stereocenters. The molecular weight excluding hydrogens is 300 g/mol. The number of ether oxygens (including phenoxy) is 2. The number of esters is 1. The third-order valence-electron chi connectivity index (χ3n) is 3.25. The van der Waals surface area contributed by atoms with Crippen LogP contribution >= 0.6 is 11.8 Å². The molecule has 22 heavy (non-hydrogen) atoms. The molecule has 5 heteroatoms. The molecule has 2 aromatic carbocycles. The quantitative estimate of drug-likeness (QED) is 0.578. The van der Waals surface area contributed by atoms with Crippen LogP contribution in [0.4, 0.5) is 0 Å². The Kier molecular flexibility index (Phi) is 5.83. The number of carbonyl (C=O) groups is 2. The van der Waals surface area contributed by atoms with Gasteiger partial charge in [0, 0.05) is 11.3 Å². The van der Waals surface area contributed by atoms with Gasteiger partial charge in [-0.05, 0) is 35.0 Å². The highest BCUT2D eigenvalue weighted by Crippen LogP contribution is 2.26. The fraction of sp³-hybridized carbons (Fsp3) is 0.294. The third-order valence-corrected chi connectivity index (χ3v) is 4.31. The molecule has 0 aliphatic carbocycles. The second-order valence-corrected chi connectivity index (χ2v) is 5.83. The standard InChI is InChI=1S/C17H18O4S/c1-20-15-6-3-13-10-16(7-4-12(13)9-15)22-11-14(18)5-8-17(19)21-2/h3-4,6-7,9-10H,5,8,11H2,1-2H3. The van der Waals surface area contributed by atoms with E-state index in [0.29, 0.717) is 5.75 Å². The summed E-state index contributed by atoms with van der Waals surface area (Å²) in [7, 11) is 2.97. The van der Waals surface area contributed by atoms with E-state index in [9.17, 15) is 9.59 Å². The minimum absolute atomic E-state index is 0.0465. The molecule has 0 saturated heterocycles. The van der Waals surface area contributed by atoms with Crippen LogP contribution < -0.4 is 4.74 Å². The van der Waals surface area contributed by atoms with Gasteiger partial charge in [0.05, 0.1) is 26.4 Å². The second-order valence-electron chi connectivity index (χ2n) is 4.78. The summed E-state index contributed by atoms with van der Waals surface area (Å²) in [5.41, 5.74) is 0. The minimum atomic E-state index is -0.349. The highest BCUT2D eigenvalue weighted by Gasteiger charge is 2.08. The molecule has 0 unspecified atom stereocenters. The molecule has 2 aromatic rings. The molecule has 0 aromatic heterocycles. The summed E-state index contributed by atoms with van der Waals surface area (Å²) < 4.78 is 9.72. The zero-order valence-electron chi connectivity index (χ0n) is 12.6. The van der Waals surface area contributed by atoms with Gasteiger partial charge in [0.25, 0.3) is 0 Å². The van der Waals surface area contributed by atoms with Crippen molar-refractivity contribution in [2.24, 2.45) is 0 Å². The number of methoxy groups -OCH3 is 2. The number of hydrogen-bond acceptors (Lipinski definition) is 5. The van der Waals surface area contributed by atoms with Crippen molar-refractivity contribution in [3.63, 3.8) is 0 Å². The fourth-order valence-electron chi connectivity index (χ4n) is 2.00. The van der Waals surface area contributed by atoms with Gasteiger partial charge >= 0.3 is 5.97 Å². The zero-order chi connectivity index (χ0) is 15.9. The molecular formula is C17H18O4S. The lowest BCUT2D eigenvalue weighted by Gasteiger charge is -2.05. The van der Waals surface area contributed by atoms with Gasteiger partial charge in [-0.3, -0.25) is 9.59 Å². The van der Waals surface area contributed by atoms with Crippen molar-refractivity contribution in [1.29, 1.82) is 0 Å². The van der Waals surface area contributed by atoms with Crippen LogP contribution in [0.5, 0.6) is 5.75 Å². The van der Waals surface area contributed by atoms with Crippen LogP contribution in [0.15, 0.2) is 41.3 Å². The molecule has 0 aliphatic rings. The van der Waals surface area contributed by atoms with Crippen molar-refractivity contribution in [2.75, 3.05) is 20.0 Å². The van der Waals surface area contributed by atoms with E-state index in [0.717, 1.165) is 21.4 Å². The molecule has 4 nitrogen and oxygen atoms in total. The molecule has 116 valence electrons. The van der Waals surface area contributed by atoms with Crippen LogP contribution in [0.3, 0.4) is 0 Å².